The predicted molar refractivity (Wildman–Crippen MR) is 166 cm³/mol. The van der Waals surface area contributed by atoms with Crippen LogP contribution in [0.15, 0.2) is 42.0 Å². The Morgan fingerprint density at radius 1 is 1.05 bits per heavy atom. The quantitative estimate of drug-likeness (QED) is 0.304. The summed E-state index contributed by atoms with van der Waals surface area (Å²) in [5, 5.41) is 6.23. The molecule has 0 aromatic heterocycles. The highest BCUT2D eigenvalue weighted by atomic mass is 16.5. The van der Waals surface area contributed by atoms with Crippen LogP contribution in [0.3, 0.4) is 0 Å². The van der Waals surface area contributed by atoms with E-state index in [2.05, 4.69) is 10.6 Å². The first-order valence-corrected chi connectivity index (χ1v) is 14.9. The second kappa shape index (κ2) is 14.3. The van der Waals surface area contributed by atoms with Gasteiger partial charge in [0.15, 0.2) is 0 Å². The number of amides is 3. The summed E-state index contributed by atoms with van der Waals surface area (Å²) in [7, 11) is 4.79. The van der Waals surface area contributed by atoms with E-state index in [-0.39, 0.29) is 23.6 Å². The van der Waals surface area contributed by atoms with Crippen LogP contribution in [0.5, 0.6) is 0 Å². The molecule has 0 radical (unpaired) electrons. The Morgan fingerprint density at radius 3 is 2.14 bits per heavy atom. The van der Waals surface area contributed by atoms with Gasteiger partial charge in [-0.2, -0.15) is 0 Å². The molecule has 3 amide bonds. The van der Waals surface area contributed by atoms with E-state index in [1.54, 1.807) is 36.9 Å². The van der Waals surface area contributed by atoms with Crippen LogP contribution >= 0.6 is 0 Å². The number of esters is 1. The van der Waals surface area contributed by atoms with Crippen LogP contribution in [0.25, 0.3) is 0 Å². The minimum Gasteiger partial charge on any atom is -0.467 e. The predicted octanol–water partition coefficient (Wildman–Crippen LogP) is 3.68. The Bertz CT molecular complexity index is 1140. The molecule has 9 heteroatoms. The van der Waals surface area contributed by atoms with Crippen LogP contribution in [0.4, 0.5) is 0 Å². The van der Waals surface area contributed by atoms with Crippen LogP contribution < -0.4 is 10.6 Å². The van der Waals surface area contributed by atoms with Crippen molar-refractivity contribution < 1.29 is 23.9 Å². The van der Waals surface area contributed by atoms with Gasteiger partial charge in [0.25, 0.3) is 0 Å². The van der Waals surface area contributed by atoms with E-state index in [9.17, 15) is 19.2 Å². The normalized spacial score (nSPS) is 18.3. The third-order valence-corrected chi connectivity index (χ3v) is 8.41. The van der Waals surface area contributed by atoms with Crippen LogP contribution in [0.1, 0.15) is 73.8 Å². The first-order chi connectivity index (χ1) is 19.5. The van der Waals surface area contributed by atoms with Crippen molar-refractivity contribution in [3.63, 3.8) is 0 Å². The van der Waals surface area contributed by atoms with Gasteiger partial charge in [0.2, 0.25) is 17.7 Å². The highest BCUT2D eigenvalue weighted by Crippen LogP contribution is 2.29. The van der Waals surface area contributed by atoms with E-state index >= 15 is 0 Å². The monoisotopic (exact) mass is 584 g/mol. The molecule has 1 fully saturated rings. The third kappa shape index (κ3) is 8.00. The Balaban J connectivity index is 2.33. The Morgan fingerprint density at radius 2 is 1.64 bits per heavy atom. The van der Waals surface area contributed by atoms with E-state index in [0.29, 0.717) is 18.5 Å². The lowest BCUT2D eigenvalue weighted by molar-refractivity contribution is -0.149. The van der Waals surface area contributed by atoms with Gasteiger partial charge in [0.05, 0.1) is 19.2 Å². The molecule has 0 saturated carbocycles. The molecule has 234 valence electrons. The zero-order valence-corrected chi connectivity index (χ0v) is 27.4. The summed E-state index contributed by atoms with van der Waals surface area (Å²) >= 11 is 0. The molecule has 1 saturated heterocycles. The van der Waals surface area contributed by atoms with E-state index in [0.717, 1.165) is 12.0 Å². The number of carbonyl (C=O) groups excluding carboxylic acids is 4. The fourth-order valence-corrected chi connectivity index (χ4v) is 5.78. The van der Waals surface area contributed by atoms with E-state index < -0.39 is 41.0 Å². The summed E-state index contributed by atoms with van der Waals surface area (Å²) < 4.78 is 4.90. The maximum atomic E-state index is 14.1. The fourth-order valence-electron chi connectivity index (χ4n) is 5.78. The molecule has 1 aromatic rings. The molecule has 1 aliphatic heterocycles. The molecule has 0 aliphatic carbocycles. The van der Waals surface area contributed by atoms with Crippen molar-refractivity contribution in [2.24, 2.45) is 11.3 Å². The summed E-state index contributed by atoms with van der Waals surface area (Å²) in [5.41, 5.74) is 0.332. The van der Waals surface area contributed by atoms with Crippen LogP contribution in [0, 0.1) is 11.3 Å². The average Bonchev–Trinajstić information content (AvgIpc) is 3.43. The molecule has 1 aromatic carbocycles. The number of nitrogens with one attached hydrogen (secondary N) is 2. The highest BCUT2D eigenvalue weighted by molar-refractivity contribution is 5.96. The zero-order chi connectivity index (χ0) is 32.0. The van der Waals surface area contributed by atoms with Gasteiger partial charge < -0.3 is 25.2 Å². The van der Waals surface area contributed by atoms with E-state index in [4.69, 9.17) is 4.74 Å². The molecule has 42 heavy (non-hydrogen) atoms. The SMILES string of the molecule is CN[C@H](C(=O)N[C@H](C(=O)N(C)[C@H](C=C(C)C(=O)N1CCCC1C(=O)OC)C(C)C)C(C)(C)C)C(C)(C)c1ccccc1. The summed E-state index contributed by atoms with van der Waals surface area (Å²) in [5.74, 6) is -1.18. The van der Waals surface area contributed by atoms with E-state index in [1.165, 1.54) is 7.11 Å². The fraction of sp³-hybridized carbons (Fsp3) is 0.636. The molecule has 1 aliphatic rings. The Labute approximate surface area is 252 Å². The molecule has 2 N–H and O–H groups in total. The molecule has 0 spiro atoms. The molecule has 9 nitrogen and oxygen atoms in total. The van der Waals surface area contributed by atoms with Crippen molar-refractivity contribution in [3.05, 3.63) is 47.5 Å². The summed E-state index contributed by atoms with van der Waals surface area (Å²) in [6.45, 7) is 16.0. The second-order valence-corrected chi connectivity index (χ2v) is 13.3. The maximum Gasteiger partial charge on any atom is 0.328 e. The van der Waals surface area contributed by atoms with Gasteiger partial charge in [-0.1, -0.05) is 84.9 Å². The van der Waals surface area contributed by atoms with Gasteiger partial charge >= 0.3 is 5.97 Å². The summed E-state index contributed by atoms with van der Waals surface area (Å²) in [6.07, 6.45) is 3.10. The van der Waals surface area contributed by atoms with Crippen molar-refractivity contribution >= 4 is 23.7 Å². The number of carbonyl (C=O) groups is 4. The number of likely N-dealkylation sites (tertiary alicyclic amines) is 1. The van der Waals surface area contributed by atoms with Crippen molar-refractivity contribution in [2.75, 3.05) is 27.7 Å². The second-order valence-electron chi connectivity index (χ2n) is 13.3. The first-order valence-electron chi connectivity index (χ1n) is 14.9. The zero-order valence-electron chi connectivity index (χ0n) is 27.4. The van der Waals surface area contributed by atoms with Gasteiger partial charge in [-0.15, -0.1) is 0 Å². The number of ether oxygens (including phenoxy) is 1. The van der Waals surface area contributed by atoms with Crippen LogP contribution in [-0.4, -0.2) is 85.4 Å². The topological polar surface area (TPSA) is 108 Å². The van der Waals surface area contributed by atoms with Crippen molar-refractivity contribution in [1.29, 1.82) is 0 Å². The van der Waals surface area contributed by atoms with Crippen molar-refractivity contribution in [1.82, 2.24) is 20.4 Å². The summed E-state index contributed by atoms with van der Waals surface area (Å²) in [4.78, 5) is 56.6. The lowest BCUT2D eigenvalue weighted by Crippen LogP contribution is -2.61. The standard InChI is InChI=1S/C33H52N4O5/c1-21(2)25(20-22(3)29(39)37-19-15-18-24(37)31(41)42-11)36(10)30(40)27(32(4,5)6)35-28(38)26(34-9)33(7,8)23-16-13-12-14-17-23/h12-14,16-17,20-21,24-27,34H,15,18-19H2,1-11H3,(H,35,38)/t24?,25-,26-,27-/m1/s1. The Hall–Kier alpha value is -3.20. The minimum absolute atomic E-state index is 0.0185. The maximum absolute atomic E-state index is 14.1. The molecule has 1 unspecified atom stereocenters. The molecular formula is C33H52N4O5. The van der Waals surface area contributed by atoms with Crippen LogP contribution in [-0.2, 0) is 29.3 Å². The highest BCUT2D eigenvalue weighted by Gasteiger charge is 2.42. The molecule has 0 bridgehead atoms. The smallest absolute Gasteiger partial charge is 0.328 e. The number of rotatable bonds is 11. The molecule has 2 rings (SSSR count). The lowest BCUT2D eigenvalue weighted by atomic mass is 9.76. The lowest BCUT2D eigenvalue weighted by Gasteiger charge is -2.40. The Kier molecular flexibility index (Phi) is 11.9. The van der Waals surface area contributed by atoms with Gasteiger partial charge in [0, 0.05) is 24.6 Å². The van der Waals surface area contributed by atoms with Gasteiger partial charge in [0.1, 0.15) is 12.1 Å². The minimum atomic E-state index is -0.814. The number of nitrogens with zero attached hydrogens (tertiary/aromatic N) is 2. The number of hydrogen-bond acceptors (Lipinski definition) is 6. The number of hydrogen-bond donors (Lipinski definition) is 2. The molecule has 1 heterocycles. The first kappa shape index (κ1) is 35.0. The van der Waals surface area contributed by atoms with E-state index in [1.807, 2.05) is 78.8 Å². The number of methoxy groups -OCH3 is 1. The van der Waals surface area contributed by atoms with Crippen molar-refractivity contribution in [3.8, 4) is 0 Å². The van der Waals surface area contributed by atoms with Crippen LogP contribution in [0.2, 0.25) is 0 Å². The van der Waals surface area contributed by atoms with Gasteiger partial charge in [-0.05, 0) is 43.7 Å². The number of benzene rings is 1. The average molecular weight is 585 g/mol. The molecular weight excluding hydrogens is 532 g/mol. The number of likely N-dealkylation sites (N-methyl/N-ethyl adjacent to an activating group) is 2. The largest absolute Gasteiger partial charge is 0.467 e. The molecule has 4 atom stereocenters. The van der Waals surface area contributed by atoms with Gasteiger partial charge in [-0.3, -0.25) is 14.4 Å². The third-order valence-electron chi connectivity index (χ3n) is 8.41. The van der Waals surface area contributed by atoms with Gasteiger partial charge in [-0.25, -0.2) is 4.79 Å². The summed E-state index contributed by atoms with van der Waals surface area (Å²) in [6, 6.07) is 7.42. The van der Waals surface area contributed by atoms with Crippen molar-refractivity contribution in [2.45, 2.75) is 97.8 Å².